The fourth-order valence-electron chi connectivity index (χ4n) is 5.12. The Morgan fingerprint density at radius 3 is 3.07 bits per heavy atom. The molecule has 0 bridgehead atoms. The van der Waals surface area contributed by atoms with Crippen LogP contribution in [0.3, 0.4) is 0 Å². The van der Waals surface area contributed by atoms with E-state index in [0.717, 1.165) is 32.4 Å². The molecular formula is C24H26FN4O+. The molecular weight excluding hydrogens is 379 g/mol. The number of rotatable bonds is 4. The first-order chi connectivity index (χ1) is 14.6. The van der Waals surface area contributed by atoms with Gasteiger partial charge in [0.2, 0.25) is 0 Å². The molecule has 2 atom stereocenters. The van der Waals surface area contributed by atoms with Crippen molar-refractivity contribution in [1.82, 2.24) is 9.99 Å². The topological polar surface area (TPSA) is 50.8 Å². The first-order valence-electron chi connectivity index (χ1n) is 10.6. The Morgan fingerprint density at radius 2 is 2.20 bits per heavy atom. The van der Waals surface area contributed by atoms with E-state index in [1.54, 1.807) is 18.2 Å². The van der Waals surface area contributed by atoms with Crippen LogP contribution in [0.25, 0.3) is 10.9 Å². The number of quaternary nitrogens is 1. The summed E-state index contributed by atoms with van der Waals surface area (Å²) < 4.78 is 16.1. The van der Waals surface area contributed by atoms with Gasteiger partial charge >= 0.3 is 0 Å². The standard InChI is InChI=1S/C24H25FN4O/c1-16-9-10-21-19(13-16)18-6-4-8-22-24(18)29(21)12-11-28(22)15-23(30)27-26-14-17-5-2-3-7-20(17)25/h2-3,5,7,9-10,13-14,22H,4,6,8,11-12,15H2,1H3,(H,27,30)/p+1/b26-14-/t22-/m0/s1. The maximum Gasteiger partial charge on any atom is 0.295 e. The lowest BCUT2D eigenvalue weighted by molar-refractivity contribution is -0.929. The lowest BCUT2D eigenvalue weighted by atomic mass is 9.89. The molecule has 1 aliphatic heterocycles. The highest BCUT2D eigenvalue weighted by molar-refractivity contribution is 5.87. The number of hydrogen-bond donors (Lipinski definition) is 2. The Labute approximate surface area is 175 Å². The number of amides is 1. The van der Waals surface area contributed by atoms with Gasteiger partial charge < -0.3 is 9.47 Å². The van der Waals surface area contributed by atoms with Crippen molar-refractivity contribution in [3.05, 3.63) is 70.7 Å². The SMILES string of the molecule is Cc1ccc2c(c1)c1c3n2CC[NH+](CC(=O)N/N=C\c2ccccc2F)[C@H]3CCC1. The maximum absolute atomic E-state index is 13.7. The molecule has 1 unspecified atom stereocenters. The first-order valence-corrected chi connectivity index (χ1v) is 10.6. The molecule has 5 nitrogen and oxygen atoms in total. The van der Waals surface area contributed by atoms with Crippen molar-refractivity contribution in [2.24, 2.45) is 5.10 Å². The maximum atomic E-state index is 13.7. The molecule has 1 aromatic heterocycles. The molecule has 1 amide bonds. The lowest BCUT2D eigenvalue weighted by Crippen LogP contribution is -3.14. The van der Waals surface area contributed by atoms with E-state index in [1.807, 2.05) is 0 Å². The van der Waals surface area contributed by atoms with Crippen molar-refractivity contribution in [2.75, 3.05) is 13.1 Å². The Morgan fingerprint density at radius 1 is 1.33 bits per heavy atom. The van der Waals surface area contributed by atoms with Crippen molar-refractivity contribution in [2.45, 2.75) is 38.8 Å². The Kier molecular flexibility index (Phi) is 4.87. The summed E-state index contributed by atoms with van der Waals surface area (Å²) in [5.74, 6) is -0.486. The molecule has 3 aromatic rings. The molecule has 1 aliphatic carbocycles. The van der Waals surface area contributed by atoms with E-state index in [0.29, 0.717) is 18.2 Å². The zero-order valence-corrected chi connectivity index (χ0v) is 17.1. The molecule has 2 heterocycles. The number of nitrogens with one attached hydrogen (secondary N) is 2. The molecule has 0 fully saturated rings. The summed E-state index contributed by atoms with van der Waals surface area (Å²) in [6.07, 6.45) is 4.73. The van der Waals surface area contributed by atoms with Crippen LogP contribution in [0.4, 0.5) is 4.39 Å². The van der Waals surface area contributed by atoms with E-state index >= 15 is 0 Å². The molecule has 0 spiro atoms. The van der Waals surface area contributed by atoms with Crippen molar-refractivity contribution < 1.29 is 14.1 Å². The fraction of sp³-hybridized carbons (Fsp3) is 0.333. The third-order valence-electron chi connectivity index (χ3n) is 6.45. The molecule has 6 heteroatoms. The van der Waals surface area contributed by atoms with Crippen LogP contribution in [0, 0.1) is 12.7 Å². The Balaban J connectivity index is 1.33. The average molecular weight is 405 g/mol. The predicted molar refractivity (Wildman–Crippen MR) is 115 cm³/mol. The number of fused-ring (bicyclic) bond motifs is 3. The van der Waals surface area contributed by atoms with Gasteiger partial charge in [0.05, 0.1) is 25.0 Å². The number of aryl methyl sites for hydroxylation is 2. The summed E-state index contributed by atoms with van der Waals surface area (Å²) >= 11 is 0. The van der Waals surface area contributed by atoms with E-state index in [2.05, 4.69) is 40.2 Å². The van der Waals surface area contributed by atoms with Crippen molar-refractivity contribution >= 4 is 23.0 Å². The van der Waals surface area contributed by atoms with Crippen LogP contribution in [-0.2, 0) is 17.8 Å². The van der Waals surface area contributed by atoms with Crippen LogP contribution in [0.1, 0.15) is 41.3 Å². The third kappa shape index (κ3) is 3.31. The zero-order chi connectivity index (χ0) is 20.7. The lowest BCUT2D eigenvalue weighted by Gasteiger charge is -2.36. The number of benzene rings is 2. The number of nitrogens with zero attached hydrogens (tertiary/aromatic N) is 2. The van der Waals surface area contributed by atoms with Crippen molar-refractivity contribution in [3.63, 3.8) is 0 Å². The Hall–Kier alpha value is -2.99. The second-order valence-electron chi connectivity index (χ2n) is 8.38. The first kappa shape index (κ1) is 19.0. The molecule has 0 saturated carbocycles. The van der Waals surface area contributed by atoms with Crippen molar-refractivity contribution in [3.8, 4) is 0 Å². The minimum absolute atomic E-state index is 0.134. The quantitative estimate of drug-likeness (QED) is 0.509. The number of hydrogen-bond acceptors (Lipinski definition) is 2. The fourth-order valence-corrected chi connectivity index (χ4v) is 5.12. The van der Waals surface area contributed by atoms with Gasteiger partial charge in [0, 0.05) is 22.9 Å². The van der Waals surface area contributed by atoms with Crippen LogP contribution in [-0.4, -0.2) is 29.8 Å². The van der Waals surface area contributed by atoms with Gasteiger partial charge in [-0.3, -0.25) is 4.79 Å². The van der Waals surface area contributed by atoms with Crippen LogP contribution >= 0.6 is 0 Å². The van der Waals surface area contributed by atoms with Gasteiger partial charge in [-0.05, 0) is 43.5 Å². The van der Waals surface area contributed by atoms with Gasteiger partial charge in [0.25, 0.3) is 5.91 Å². The molecule has 2 aliphatic rings. The van der Waals surface area contributed by atoms with Crippen LogP contribution < -0.4 is 10.3 Å². The van der Waals surface area contributed by atoms with Gasteiger partial charge in [-0.1, -0.05) is 29.8 Å². The minimum atomic E-state index is -0.352. The normalized spacial score (nSPS) is 20.5. The van der Waals surface area contributed by atoms with Gasteiger partial charge in [-0.25, -0.2) is 9.82 Å². The molecule has 154 valence electrons. The summed E-state index contributed by atoms with van der Waals surface area (Å²) in [5, 5.41) is 5.34. The minimum Gasteiger partial charge on any atom is -0.334 e. The smallest absolute Gasteiger partial charge is 0.295 e. The highest BCUT2D eigenvalue weighted by Crippen LogP contribution is 2.37. The van der Waals surface area contributed by atoms with E-state index in [4.69, 9.17) is 0 Å². The molecule has 0 radical (unpaired) electrons. The number of halogens is 1. The van der Waals surface area contributed by atoms with E-state index < -0.39 is 0 Å². The number of hydrazone groups is 1. The summed E-state index contributed by atoms with van der Waals surface area (Å²) in [6.45, 7) is 4.36. The second-order valence-corrected chi connectivity index (χ2v) is 8.38. The molecule has 0 saturated heterocycles. The Bertz CT molecular complexity index is 1150. The van der Waals surface area contributed by atoms with Crippen molar-refractivity contribution in [1.29, 1.82) is 0 Å². The van der Waals surface area contributed by atoms with E-state index in [1.165, 1.54) is 44.9 Å². The summed E-state index contributed by atoms with van der Waals surface area (Å²) in [4.78, 5) is 13.8. The highest BCUT2D eigenvalue weighted by atomic mass is 19.1. The van der Waals surface area contributed by atoms with Gasteiger partial charge in [0.1, 0.15) is 11.9 Å². The summed E-state index contributed by atoms with van der Waals surface area (Å²) in [7, 11) is 0. The van der Waals surface area contributed by atoms with Crippen LogP contribution in [0.5, 0.6) is 0 Å². The second kappa shape index (κ2) is 7.69. The largest absolute Gasteiger partial charge is 0.334 e. The van der Waals surface area contributed by atoms with Gasteiger partial charge in [0.15, 0.2) is 6.54 Å². The highest BCUT2D eigenvalue weighted by Gasteiger charge is 2.38. The monoisotopic (exact) mass is 405 g/mol. The van der Waals surface area contributed by atoms with Crippen LogP contribution in [0.2, 0.25) is 0 Å². The van der Waals surface area contributed by atoms with Gasteiger partial charge in [-0.15, -0.1) is 0 Å². The third-order valence-corrected chi connectivity index (χ3v) is 6.45. The van der Waals surface area contributed by atoms with Gasteiger partial charge in [-0.2, -0.15) is 5.10 Å². The zero-order valence-electron chi connectivity index (χ0n) is 17.1. The molecule has 30 heavy (non-hydrogen) atoms. The number of carbonyl (C=O) groups excluding carboxylic acids is 1. The number of aromatic nitrogens is 1. The number of carbonyl (C=O) groups is 1. The molecule has 2 aromatic carbocycles. The molecule has 2 N–H and O–H groups in total. The van der Waals surface area contributed by atoms with E-state index in [9.17, 15) is 9.18 Å². The van der Waals surface area contributed by atoms with Crippen LogP contribution in [0.15, 0.2) is 47.6 Å². The summed E-state index contributed by atoms with van der Waals surface area (Å²) in [5.41, 5.74) is 8.45. The average Bonchev–Trinajstić information content (AvgIpc) is 3.06. The predicted octanol–water partition coefficient (Wildman–Crippen LogP) is 2.52. The summed E-state index contributed by atoms with van der Waals surface area (Å²) in [6, 6.07) is 13.5. The molecule has 5 rings (SSSR count). The van der Waals surface area contributed by atoms with E-state index in [-0.39, 0.29) is 11.7 Å².